The van der Waals surface area contributed by atoms with E-state index in [0.717, 1.165) is 12.8 Å². The van der Waals surface area contributed by atoms with Crippen molar-refractivity contribution in [2.45, 2.75) is 42.8 Å². The molecule has 1 N–H and O–H groups in total. The Labute approximate surface area is 111 Å². The molecule has 1 aliphatic carbocycles. The van der Waals surface area contributed by atoms with E-state index in [1.54, 1.807) is 12.1 Å². The zero-order valence-corrected chi connectivity index (χ0v) is 11.1. The van der Waals surface area contributed by atoms with Gasteiger partial charge in [-0.1, -0.05) is 24.0 Å². The van der Waals surface area contributed by atoms with Crippen LogP contribution in [-0.2, 0) is 10.0 Å². The fourth-order valence-corrected chi connectivity index (χ4v) is 3.47. The molecule has 7 nitrogen and oxygen atoms in total. The number of azide groups is 1. The average Bonchev–Trinajstić information content (AvgIpc) is 2.42. The van der Waals surface area contributed by atoms with Crippen LogP contribution in [0.4, 0.5) is 0 Å². The molecule has 1 saturated carbocycles. The number of nitrogens with one attached hydrogen (secondary N) is 1. The average molecular weight is 281 g/mol. The van der Waals surface area contributed by atoms with Gasteiger partial charge in [-0.05, 0) is 30.5 Å². The van der Waals surface area contributed by atoms with Gasteiger partial charge in [0.1, 0.15) is 0 Å². The summed E-state index contributed by atoms with van der Waals surface area (Å²) >= 11 is 0. The summed E-state index contributed by atoms with van der Waals surface area (Å²) in [5, 5.41) is 3.66. The number of hydrogen-bond acceptors (Lipinski definition) is 4. The third-order valence-electron chi connectivity index (χ3n) is 3.15. The van der Waals surface area contributed by atoms with Crippen molar-refractivity contribution in [1.29, 1.82) is 0 Å². The summed E-state index contributed by atoms with van der Waals surface area (Å²) in [6.45, 7) is 0. The Balaban J connectivity index is 2.17. The lowest BCUT2D eigenvalue weighted by molar-refractivity contribution is 0.360. The fourth-order valence-electron chi connectivity index (χ4n) is 2.22. The monoisotopic (exact) mass is 281 g/mol. The minimum absolute atomic E-state index is 0.0136. The standard InChI is InChI=1S/C11H15N5O2S/c12-16-14-9-5-1-2-6-10(9)15-19(17,18)11-7-3-4-8-13-11/h3-4,7-10,15H,1-2,5-6H2/t9-,10-/m0/s1. The fraction of sp³-hybridized carbons (Fsp3) is 0.545. The lowest BCUT2D eigenvalue weighted by atomic mass is 9.92. The molecular weight excluding hydrogens is 266 g/mol. The zero-order valence-electron chi connectivity index (χ0n) is 10.3. The third-order valence-corrected chi connectivity index (χ3v) is 4.55. The van der Waals surface area contributed by atoms with Crippen LogP contribution in [0.25, 0.3) is 10.4 Å². The van der Waals surface area contributed by atoms with Crippen molar-refractivity contribution in [2.24, 2.45) is 5.11 Å². The Morgan fingerprint density at radius 3 is 2.84 bits per heavy atom. The Morgan fingerprint density at radius 2 is 2.16 bits per heavy atom. The van der Waals surface area contributed by atoms with Gasteiger partial charge >= 0.3 is 0 Å². The van der Waals surface area contributed by atoms with Gasteiger partial charge < -0.3 is 0 Å². The maximum atomic E-state index is 12.1. The molecule has 1 heterocycles. The van der Waals surface area contributed by atoms with Crippen molar-refractivity contribution in [3.63, 3.8) is 0 Å². The van der Waals surface area contributed by atoms with Gasteiger partial charge in [-0.3, -0.25) is 0 Å². The highest BCUT2D eigenvalue weighted by molar-refractivity contribution is 7.89. The van der Waals surface area contributed by atoms with Crippen LogP contribution in [0.5, 0.6) is 0 Å². The molecule has 0 aliphatic heterocycles. The molecule has 0 unspecified atom stereocenters. The summed E-state index contributed by atoms with van der Waals surface area (Å²) in [7, 11) is -3.66. The summed E-state index contributed by atoms with van der Waals surface area (Å²) < 4.78 is 26.9. The molecule has 1 aromatic heterocycles. The number of hydrogen-bond donors (Lipinski definition) is 1. The van der Waals surface area contributed by atoms with Gasteiger partial charge in [0, 0.05) is 17.2 Å². The van der Waals surface area contributed by atoms with E-state index < -0.39 is 10.0 Å². The molecule has 0 saturated heterocycles. The number of rotatable bonds is 4. The van der Waals surface area contributed by atoms with Crippen molar-refractivity contribution in [2.75, 3.05) is 0 Å². The SMILES string of the molecule is [N-]=[N+]=N[C@H]1CCCC[C@@H]1NS(=O)(=O)c1ccccn1. The highest BCUT2D eigenvalue weighted by atomic mass is 32.2. The van der Waals surface area contributed by atoms with Crippen molar-refractivity contribution in [3.05, 3.63) is 34.8 Å². The second-order valence-electron chi connectivity index (χ2n) is 4.45. The van der Waals surface area contributed by atoms with Crippen LogP contribution in [0.2, 0.25) is 0 Å². The van der Waals surface area contributed by atoms with E-state index >= 15 is 0 Å². The maximum absolute atomic E-state index is 12.1. The second kappa shape index (κ2) is 6.01. The van der Waals surface area contributed by atoms with Gasteiger partial charge in [-0.15, -0.1) is 0 Å². The molecule has 0 radical (unpaired) electrons. The van der Waals surface area contributed by atoms with E-state index in [4.69, 9.17) is 5.53 Å². The van der Waals surface area contributed by atoms with Gasteiger partial charge in [0.2, 0.25) is 0 Å². The summed E-state index contributed by atoms with van der Waals surface area (Å²) in [6, 6.07) is 4.04. The Kier molecular flexibility index (Phi) is 4.36. The zero-order chi connectivity index (χ0) is 13.7. The van der Waals surface area contributed by atoms with Crippen molar-refractivity contribution in [1.82, 2.24) is 9.71 Å². The van der Waals surface area contributed by atoms with E-state index in [2.05, 4.69) is 19.7 Å². The van der Waals surface area contributed by atoms with Gasteiger partial charge in [-0.2, -0.15) is 0 Å². The summed E-state index contributed by atoms with van der Waals surface area (Å²) in [5.41, 5.74) is 8.52. The molecule has 0 spiro atoms. The largest absolute Gasteiger partial charge is 0.258 e. The number of pyridine rings is 1. The first-order valence-corrected chi connectivity index (χ1v) is 7.59. The molecule has 102 valence electrons. The lowest BCUT2D eigenvalue weighted by Crippen LogP contribution is -2.44. The molecular formula is C11H15N5O2S. The molecule has 0 bridgehead atoms. The summed E-state index contributed by atoms with van der Waals surface area (Å²) in [6.07, 6.45) is 4.69. The molecule has 0 amide bonds. The molecule has 8 heteroatoms. The normalized spacial score (nSPS) is 23.6. The number of sulfonamides is 1. The minimum atomic E-state index is -3.66. The van der Waals surface area contributed by atoms with Crippen LogP contribution in [0.1, 0.15) is 25.7 Å². The smallest absolute Gasteiger partial charge is 0.243 e. The van der Waals surface area contributed by atoms with Crippen molar-refractivity contribution in [3.8, 4) is 0 Å². The number of aromatic nitrogens is 1. The summed E-state index contributed by atoms with van der Waals surface area (Å²) in [5.74, 6) is 0. The molecule has 2 atom stereocenters. The van der Waals surface area contributed by atoms with Crippen molar-refractivity contribution < 1.29 is 8.42 Å². The first kappa shape index (κ1) is 13.8. The van der Waals surface area contributed by atoms with Gasteiger partial charge in [0.05, 0.1) is 6.04 Å². The second-order valence-corrected chi connectivity index (χ2v) is 6.11. The highest BCUT2D eigenvalue weighted by Gasteiger charge is 2.29. The van der Waals surface area contributed by atoms with Crippen LogP contribution in [0.15, 0.2) is 34.5 Å². The third kappa shape index (κ3) is 3.44. The molecule has 1 aromatic rings. The molecule has 1 fully saturated rings. The predicted octanol–water partition coefficient (Wildman–Crippen LogP) is 1.98. The first-order valence-electron chi connectivity index (χ1n) is 6.11. The van der Waals surface area contributed by atoms with E-state index in [-0.39, 0.29) is 17.1 Å². The topological polar surface area (TPSA) is 108 Å². The van der Waals surface area contributed by atoms with Crippen LogP contribution < -0.4 is 4.72 Å². The number of nitrogens with zero attached hydrogens (tertiary/aromatic N) is 4. The predicted molar refractivity (Wildman–Crippen MR) is 69.7 cm³/mol. The van der Waals surface area contributed by atoms with E-state index in [0.29, 0.717) is 12.8 Å². The lowest BCUT2D eigenvalue weighted by Gasteiger charge is -2.28. The Hall–Kier alpha value is -1.63. The van der Waals surface area contributed by atoms with Gasteiger partial charge in [-0.25, -0.2) is 18.1 Å². The van der Waals surface area contributed by atoms with Crippen LogP contribution in [0, 0.1) is 0 Å². The van der Waals surface area contributed by atoms with E-state index in [1.807, 2.05) is 0 Å². The minimum Gasteiger partial charge on any atom is -0.243 e. The quantitative estimate of drug-likeness (QED) is 0.517. The van der Waals surface area contributed by atoms with Gasteiger partial charge in [0.15, 0.2) is 5.03 Å². The maximum Gasteiger partial charge on any atom is 0.258 e. The highest BCUT2D eigenvalue weighted by Crippen LogP contribution is 2.22. The molecule has 1 aliphatic rings. The van der Waals surface area contributed by atoms with Crippen molar-refractivity contribution >= 4 is 10.0 Å². The van der Waals surface area contributed by atoms with Crippen LogP contribution in [0.3, 0.4) is 0 Å². The molecule has 0 aromatic carbocycles. The summed E-state index contributed by atoms with van der Waals surface area (Å²) in [4.78, 5) is 6.62. The Bertz CT molecular complexity index is 568. The first-order chi connectivity index (χ1) is 9.13. The van der Waals surface area contributed by atoms with E-state index in [9.17, 15) is 8.42 Å². The van der Waals surface area contributed by atoms with Crippen LogP contribution >= 0.6 is 0 Å². The van der Waals surface area contributed by atoms with Crippen LogP contribution in [-0.4, -0.2) is 25.5 Å². The molecule has 2 rings (SSSR count). The van der Waals surface area contributed by atoms with E-state index in [1.165, 1.54) is 12.3 Å². The Morgan fingerprint density at radius 1 is 1.37 bits per heavy atom. The van der Waals surface area contributed by atoms with Gasteiger partial charge in [0.25, 0.3) is 10.0 Å². The molecule has 19 heavy (non-hydrogen) atoms.